The SMILES string of the molecule is CCOC(=O)CNc1ncc(-c2ccc(OC)c(F)c2)c2ccc(F)cc12. The highest BCUT2D eigenvalue weighted by molar-refractivity contribution is 6.02. The van der Waals surface area contributed by atoms with Crippen molar-refractivity contribution in [1.29, 1.82) is 0 Å². The van der Waals surface area contributed by atoms with Gasteiger partial charge in [0.05, 0.1) is 13.7 Å². The molecule has 0 radical (unpaired) electrons. The van der Waals surface area contributed by atoms with Gasteiger partial charge in [-0.15, -0.1) is 0 Å². The first-order chi connectivity index (χ1) is 13.0. The fourth-order valence-corrected chi connectivity index (χ4v) is 2.79. The summed E-state index contributed by atoms with van der Waals surface area (Å²) in [6.45, 7) is 1.89. The molecule has 3 aromatic rings. The lowest BCUT2D eigenvalue weighted by Gasteiger charge is -2.13. The molecule has 0 saturated heterocycles. The van der Waals surface area contributed by atoms with Crippen molar-refractivity contribution in [2.75, 3.05) is 25.6 Å². The zero-order valence-electron chi connectivity index (χ0n) is 14.9. The first-order valence-electron chi connectivity index (χ1n) is 8.35. The van der Waals surface area contributed by atoms with Crippen LogP contribution in [-0.2, 0) is 9.53 Å². The number of ether oxygens (including phenoxy) is 2. The Morgan fingerprint density at radius 3 is 2.67 bits per heavy atom. The molecule has 5 nitrogen and oxygen atoms in total. The van der Waals surface area contributed by atoms with Gasteiger partial charge >= 0.3 is 5.97 Å². The number of anilines is 1. The average molecular weight is 372 g/mol. The van der Waals surface area contributed by atoms with E-state index in [0.717, 1.165) is 0 Å². The summed E-state index contributed by atoms with van der Waals surface area (Å²) in [5.41, 5.74) is 1.21. The summed E-state index contributed by atoms with van der Waals surface area (Å²) in [6.07, 6.45) is 1.55. The number of hydrogen-bond donors (Lipinski definition) is 1. The zero-order valence-corrected chi connectivity index (χ0v) is 14.9. The third-order valence-electron chi connectivity index (χ3n) is 4.02. The predicted octanol–water partition coefficient (Wildman–Crippen LogP) is 4.16. The molecular formula is C20H18F2N2O3. The smallest absolute Gasteiger partial charge is 0.325 e. The van der Waals surface area contributed by atoms with Gasteiger partial charge in [0.15, 0.2) is 11.6 Å². The Kier molecular flexibility index (Phi) is 5.49. The molecule has 1 aromatic heterocycles. The van der Waals surface area contributed by atoms with Crippen LogP contribution < -0.4 is 10.1 Å². The first kappa shape index (κ1) is 18.6. The summed E-state index contributed by atoms with van der Waals surface area (Å²) in [6, 6.07) is 8.80. The molecule has 0 atom stereocenters. The molecule has 0 unspecified atom stereocenters. The number of aromatic nitrogens is 1. The van der Waals surface area contributed by atoms with Crippen LogP contribution in [-0.4, -0.2) is 31.2 Å². The largest absolute Gasteiger partial charge is 0.494 e. The highest BCUT2D eigenvalue weighted by Gasteiger charge is 2.13. The number of benzene rings is 2. The Hall–Kier alpha value is -3.22. The van der Waals surface area contributed by atoms with Gasteiger partial charge in [-0.1, -0.05) is 12.1 Å². The normalized spacial score (nSPS) is 10.7. The second kappa shape index (κ2) is 7.99. The van der Waals surface area contributed by atoms with Gasteiger partial charge in [-0.3, -0.25) is 4.79 Å². The molecule has 0 spiro atoms. The van der Waals surface area contributed by atoms with E-state index in [2.05, 4.69) is 10.3 Å². The van der Waals surface area contributed by atoms with E-state index in [1.54, 1.807) is 25.3 Å². The van der Waals surface area contributed by atoms with Gasteiger partial charge in [-0.05, 0) is 42.1 Å². The number of rotatable bonds is 6. The number of carbonyl (C=O) groups is 1. The quantitative estimate of drug-likeness (QED) is 0.659. The second-order valence-corrected chi connectivity index (χ2v) is 5.72. The molecule has 7 heteroatoms. The monoisotopic (exact) mass is 372 g/mol. The number of methoxy groups -OCH3 is 1. The average Bonchev–Trinajstić information content (AvgIpc) is 2.66. The van der Waals surface area contributed by atoms with Gasteiger partial charge in [0.2, 0.25) is 0 Å². The second-order valence-electron chi connectivity index (χ2n) is 5.72. The van der Waals surface area contributed by atoms with E-state index < -0.39 is 17.6 Å². The highest BCUT2D eigenvalue weighted by atomic mass is 19.1. The maximum atomic E-state index is 14.1. The first-order valence-corrected chi connectivity index (χ1v) is 8.35. The molecule has 0 aliphatic rings. The van der Waals surface area contributed by atoms with Crippen molar-refractivity contribution in [3.63, 3.8) is 0 Å². The lowest BCUT2D eigenvalue weighted by atomic mass is 10.00. The van der Waals surface area contributed by atoms with E-state index in [-0.39, 0.29) is 18.9 Å². The lowest BCUT2D eigenvalue weighted by Crippen LogP contribution is -2.17. The van der Waals surface area contributed by atoms with Crippen LogP contribution in [0.2, 0.25) is 0 Å². The van der Waals surface area contributed by atoms with Crippen molar-refractivity contribution < 1.29 is 23.0 Å². The standard InChI is InChI=1S/C20H18F2N2O3/c1-3-27-19(25)11-24-20-15-9-13(21)5-6-14(15)16(10-23-20)12-4-7-18(26-2)17(22)8-12/h4-10H,3,11H2,1-2H3,(H,23,24). The molecule has 1 N–H and O–H groups in total. The number of halogens is 2. The van der Waals surface area contributed by atoms with Crippen LogP contribution in [0.3, 0.4) is 0 Å². The van der Waals surface area contributed by atoms with Gasteiger partial charge in [0.1, 0.15) is 18.2 Å². The molecule has 1 heterocycles. The molecule has 0 bridgehead atoms. The molecule has 140 valence electrons. The van der Waals surface area contributed by atoms with Crippen LogP contribution in [0.4, 0.5) is 14.6 Å². The number of carbonyl (C=O) groups excluding carboxylic acids is 1. The summed E-state index contributed by atoms with van der Waals surface area (Å²) < 4.78 is 37.7. The van der Waals surface area contributed by atoms with Crippen LogP contribution in [0.5, 0.6) is 5.75 Å². The van der Waals surface area contributed by atoms with Gasteiger partial charge in [-0.25, -0.2) is 13.8 Å². The van der Waals surface area contributed by atoms with E-state index in [1.165, 1.54) is 31.4 Å². The Morgan fingerprint density at radius 1 is 1.15 bits per heavy atom. The van der Waals surface area contributed by atoms with E-state index in [0.29, 0.717) is 27.7 Å². The topological polar surface area (TPSA) is 60.5 Å². The minimum Gasteiger partial charge on any atom is -0.494 e. The number of nitrogens with one attached hydrogen (secondary N) is 1. The summed E-state index contributed by atoms with van der Waals surface area (Å²) >= 11 is 0. The van der Waals surface area contributed by atoms with E-state index >= 15 is 0 Å². The van der Waals surface area contributed by atoms with Crippen LogP contribution in [0, 0.1) is 11.6 Å². The molecule has 2 aromatic carbocycles. The molecule has 0 fully saturated rings. The Morgan fingerprint density at radius 2 is 1.96 bits per heavy atom. The third-order valence-corrected chi connectivity index (χ3v) is 4.02. The van der Waals surface area contributed by atoms with E-state index in [9.17, 15) is 13.6 Å². The number of pyridine rings is 1. The number of esters is 1. The Balaban J connectivity index is 2.05. The number of fused-ring (bicyclic) bond motifs is 1. The Labute approximate surface area is 154 Å². The molecule has 0 saturated carbocycles. The number of hydrogen-bond acceptors (Lipinski definition) is 5. The fraction of sp³-hybridized carbons (Fsp3) is 0.200. The number of nitrogens with zero attached hydrogens (tertiary/aromatic N) is 1. The lowest BCUT2D eigenvalue weighted by molar-refractivity contribution is -0.140. The van der Waals surface area contributed by atoms with Crippen molar-refractivity contribution >= 4 is 22.6 Å². The van der Waals surface area contributed by atoms with Crippen LogP contribution in [0.1, 0.15) is 6.92 Å². The third kappa shape index (κ3) is 3.97. The summed E-state index contributed by atoms with van der Waals surface area (Å²) in [5.74, 6) is -0.911. The van der Waals surface area contributed by atoms with E-state index in [1.807, 2.05) is 0 Å². The summed E-state index contributed by atoms with van der Waals surface area (Å²) in [7, 11) is 1.39. The molecule has 0 amide bonds. The summed E-state index contributed by atoms with van der Waals surface area (Å²) in [5, 5.41) is 4.01. The van der Waals surface area contributed by atoms with Crippen LogP contribution in [0.15, 0.2) is 42.6 Å². The summed E-state index contributed by atoms with van der Waals surface area (Å²) in [4.78, 5) is 15.9. The minimum atomic E-state index is -0.505. The fourth-order valence-electron chi connectivity index (χ4n) is 2.79. The molecule has 27 heavy (non-hydrogen) atoms. The molecule has 3 rings (SSSR count). The van der Waals surface area contributed by atoms with E-state index in [4.69, 9.17) is 9.47 Å². The van der Waals surface area contributed by atoms with Crippen molar-refractivity contribution in [3.05, 3.63) is 54.2 Å². The van der Waals surface area contributed by atoms with Gasteiger partial charge < -0.3 is 14.8 Å². The van der Waals surface area contributed by atoms with Crippen molar-refractivity contribution in [1.82, 2.24) is 4.98 Å². The predicted molar refractivity (Wildman–Crippen MR) is 98.8 cm³/mol. The maximum Gasteiger partial charge on any atom is 0.325 e. The van der Waals surface area contributed by atoms with Crippen LogP contribution >= 0.6 is 0 Å². The Bertz CT molecular complexity index is 992. The van der Waals surface area contributed by atoms with Crippen molar-refractivity contribution in [2.45, 2.75) is 6.92 Å². The van der Waals surface area contributed by atoms with Crippen molar-refractivity contribution in [2.24, 2.45) is 0 Å². The van der Waals surface area contributed by atoms with Crippen LogP contribution in [0.25, 0.3) is 21.9 Å². The van der Waals surface area contributed by atoms with Crippen molar-refractivity contribution in [3.8, 4) is 16.9 Å². The highest BCUT2D eigenvalue weighted by Crippen LogP contribution is 2.33. The maximum absolute atomic E-state index is 14.1. The van der Waals surface area contributed by atoms with Gasteiger partial charge in [-0.2, -0.15) is 0 Å². The zero-order chi connectivity index (χ0) is 19.4. The molecule has 0 aliphatic carbocycles. The van der Waals surface area contributed by atoms with Gasteiger partial charge in [0, 0.05) is 17.1 Å². The molecular weight excluding hydrogens is 354 g/mol. The van der Waals surface area contributed by atoms with Gasteiger partial charge in [0.25, 0.3) is 0 Å². The minimum absolute atomic E-state index is 0.0943. The molecule has 0 aliphatic heterocycles.